The second-order valence-corrected chi connectivity index (χ2v) is 8.31. The number of imidazole rings is 1. The van der Waals surface area contributed by atoms with Crippen LogP contribution in [0.2, 0.25) is 0 Å². The number of aromatic nitrogens is 2. The molecule has 9 heteroatoms. The molecule has 7 nitrogen and oxygen atoms in total. The molecule has 1 N–H and O–H groups in total. The number of hydrogen-bond acceptors (Lipinski definition) is 6. The molecule has 0 amide bonds. The van der Waals surface area contributed by atoms with Crippen LogP contribution < -0.4 is 9.47 Å². The lowest BCUT2D eigenvalue weighted by Gasteiger charge is -2.36. The molecule has 2 fully saturated rings. The molecule has 1 saturated heterocycles. The Kier molecular flexibility index (Phi) is 5.10. The fourth-order valence-corrected chi connectivity index (χ4v) is 3.99. The van der Waals surface area contributed by atoms with Gasteiger partial charge in [-0.3, -0.25) is 9.20 Å². The fraction of sp³-hybridized carbons (Fsp3) is 0.391. The van der Waals surface area contributed by atoms with Gasteiger partial charge in [0.05, 0.1) is 32.2 Å². The third-order valence-corrected chi connectivity index (χ3v) is 5.98. The first kappa shape index (κ1) is 20.8. The molecular formula is C23H22F2N2O5. The average Bonchev–Trinajstić information content (AvgIpc) is 3.45. The number of Topliss-reactive ketones (excluding diaryl/α,β-unsaturated/α-hetero) is 1. The van der Waals surface area contributed by atoms with Crippen LogP contribution in [0, 0.1) is 5.92 Å². The highest BCUT2D eigenvalue weighted by atomic mass is 19.3. The van der Waals surface area contributed by atoms with Crippen molar-refractivity contribution in [2.45, 2.75) is 31.5 Å². The van der Waals surface area contributed by atoms with E-state index in [0.717, 1.165) is 12.8 Å². The smallest absolute Gasteiger partial charge is 0.387 e. The molecule has 1 saturated carbocycles. The summed E-state index contributed by atoms with van der Waals surface area (Å²) in [5.74, 6) is -0.0239. The number of hydrogen-bond donors (Lipinski definition) is 1. The van der Waals surface area contributed by atoms with Crippen LogP contribution in [0.3, 0.4) is 0 Å². The van der Waals surface area contributed by atoms with Crippen molar-refractivity contribution in [3.63, 3.8) is 0 Å². The lowest BCUT2D eigenvalue weighted by molar-refractivity contribution is -0.184. The maximum Gasteiger partial charge on any atom is 0.387 e. The molecule has 1 aromatic carbocycles. The summed E-state index contributed by atoms with van der Waals surface area (Å²) in [6.45, 7) is -2.64. The summed E-state index contributed by atoms with van der Waals surface area (Å²) < 4.78 is 43.4. The van der Waals surface area contributed by atoms with Crippen molar-refractivity contribution in [2.24, 2.45) is 5.92 Å². The van der Waals surface area contributed by atoms with Gasteiger partial charge in [-0.1, -0.05) is 0 Å². The Hall–Kier alpha value is -3.04. The molecule has 0 atom stereocenters. The first-order chi connectivity index (χ1) is 15.4. The Bertz CT molecular complexity index is 1180. The Morgan fingerprint density at radius 1 is 1.31 bits per heavy atom. The molecule has 2 aromatic heterocycles. The number of ether oxygens (including phenoxy) is 3. The Balaban J connectivity index is 1.58. The highest BCUT2D eigenvalue weighted by Gasteiger charge is 2.38. The number of alkyl halides is 2. The van der Waals surface area contributed by atoms with E-state index in [9.17, 15) is 18.7 Å². The van der Waals surface area contributed by atoms with E-state index in [1.54, 1.807) is 35.0 Å². The van der Waals surface area contributed by atoms with E-state index in [-0.39, 0.29) is 48.4 Å². The lowest BCUT2D eigenvalue weighted by atomic mass is 9.93. The van der Waals surface area contributed by atoms with Gasteiger partial charge in [0.2, 0.25) is 0 Å². The number of pyridine rings is 1. The topological polar surface area (TPSA) is 82.3 Å². The van der Waals surface area contributed by atoms with Crippen molar-refractivity contribution < 1.29 is 32.9 Å². The molecule has 0 bridgehead atoms. The van der Waals surface area contributed by atoms with Crippen LogP contribution in [0.25, 0.3) is 16.9 Å². The van der Waals surface area contributed by atoms with Gasteiger partial charge in [-0.15, -0.1) is 0 Å². The average molecular weight is 444 g/mol. The zero-order valence-electron chi connectivity index (χ0n) is 17.4. The molecule has 5 rings (SSSR count). The number of carbonyl (C=O) groups is 1. The first-order valence-corrected chi connectivity index (χ1v) is 10.4. The number of benzene rings is 1. The number of aliphatic hydroxyl groups is 1. The molecule has 0 spiro atoms. The zero-order valence-corrected chi connectivity index (χ0v) is 17.4. The molecule has 32 heavy (non-hydrogen) atoms. The quantitative estimate of drug-likeness (QED) is 0.532. The minimum atomic E-state index is -3.09. The summed E-state index contributed by atoms with van der Waals surface area (Å²) in [5, 5.41) is 10.5. The van der Waals surface area contributed by atoms with Crippen LogP contribution in [-0.2, 0) is 10.3 Å². The third kappa shape index (κ3) is 3.71. The van der Waals surface area contributed by atoms with Crippen molar-refractivity contribution in [3.05, 3.63) is 47.8 Å². The minimum absolute atomic E-state index is 0.0340. The van der Waals surface area contributed by atoms with Crippen LogP contribution in [0.1, 0.15) is 35.2 Å². The third-order valence-electron chi connectivity index (χ3n) is 5.98. The predicted molar refractivity (Wildman–Crippen MR) is 110 cm³/mol. The van der Waals surface area contributed by atoms with Crippen molar-refractivity contribution in [3.8, 4) is 22.8 Å². The molecule has 2 aliphatic rings. The van der Waals surface area contributed by atoms with Crippen LogP contribution in [-0.4, -0.2) is 47.2 Å². The molecule has 3 aromatic rings. The van der Waals surface area contributed by atoms with Gasteiger partial charge in [0.15, 0.2) is 5.78 Å². The number of fused-ring (bicyclic) bond motifs is 1. The number of ketones is 1. The van der Waals surface area contributed by atoms with E-state index in [0.29, 0.717) is 22.5 Å². The van der Waals surface area contributed by atoms with E-state index >= 15 is 0 Å². The van der Waals surface area contributed by atoms with Gasteiger partial charge >= 0.3 is 6.61 Å². The molecule has 3 heterocycles. The maximum absolute atomic E-state index is 13.2. The van der Waals surface area contributed by atoms with E-state index in [2.05, 4.69) is 4.98 Å². The number of nitrogens with zero attached hydrogens (tertiary/aromatic N) is 2. The lowest BCUT2D eigenvalue weighted by Crippen LogP contribution is -2.46. The van der Waals surface area contributed by atoms with Crippen LogP contribution >= 0.6 is 0 Å². The Morgan fingerprint density at radius 3 is 2.69 bits per heavy atom. The second kappa shape index (κ2) is 7.83. The predicted octanol–water partition coefficient (Wildman–Crippen LogP) is 3.81. The zero-order chi connectivity index (χ0) is 22.5. The van der Waals surface area contributed by atoms with E-state index in [1.165, 1.54) is 13.2 Å². The molecule has 0 unspecified atom stereocenters. The molecular weight excluding hydrogens is 422 g/mol. The second-order valence-electron chi connectivity index (χ2n) is 8.31. The van der Waals surface area contributed by atoms with Crippen molar-refractivity contribution in [1.82, 2.24) is 9.38 Å². The Labute approximate surface area is 182 Å². The highest BCUT2D eigenvalue weighted by molar-refractivity contribution is 6.02. The number of rotatable bonds is 8. The van der Waals surface area contributed by atoms with E-state index < -0.39 is 12.2 Å². The minimum Gasteiger partial charge on any atom is -0.496 e. The number of halogens is 2. The summed E-state index contributed by atoms with van der Waals surface area (Å²) in [4.78, 5) is 17.2. The largest absolute Gasteiger partial charge is 0.496 e. The molecule has 1 aliphatic heterocycles. The maximum atomic E-state index is 13.2. The summed E-state index contributed by atoms with van der Waals surface area (Å²) in [7, 11) is 1.39. The van der Waals surface area contributed by atoms with Crippen LogP contribution in [0.15, 0.2) is 36.7 Å². The SMILES string of the molecule is COc1cc(-c2cnc3cc(C4(O)COC4)ccn23)cc(OC(F)F)c1C(=O)CC1CC1. The van der Waals surface area contributed by atoms with Crippen molar-refractivity contribution in [2.75, 3.05) is 20.3 Å². The first-order valence-electron chi connectivity index (χ1n) is 10.4. The summed E-state index contributed by atoms with van der Waals surface area (Å²) in [6.07, 6.45) is 5.54. The van der Waals surface area contributed by atoms with Crippen molar-refractivity contribution in [1.29, 1.82) is 0 Å². The number of methoxy groups -OCH3 is 1. The van der Waals surface area contributed by atoms with Gasteiger partial charge in [0.25, 0.3) is 0 Å². The highest BCUT2D eigenvalue weighted by Crippen LogP contribution is 2.40. The fourth-order valence-electron chi connectivity index (χ4n) is 3.99. The van der Waals surface area contributed by atoms with Gasteiger partial charge < -0.3 is 19.3 Å². The van der Waals surface area contributed by atoms with Crippen molar-refractivity contribution >= 4 is 11.4 Å². The summed E-state index contributed by atoms with van der Waals surface area (Å²) in [6, 6.07) is 6.57. The standard InChI is InChI=1S/C23H22F2N2O5/c1-30-18-7-14(8-19(32-22(24)25)21(18)17(28)6-13-2-3-13)16-10-26-20-9-15(4-5-27(16)20)23(29)11-31-12-23/h4-5,7-10,13,22,29H,2-3,6,11-12H2,1H3. The monoisotopic (exact) mass is 444 g/mol. The normalized spacial score (nSPS) is 17.4. The van der Waals surface area contributed by atoms with Crippen LogP contribution in [0.4, 0.5) is 8.78 Å². The van der Waals surface area contributed by atoms with Gasteiger partial charge in [-0.05, 0) is 48.6 Å². The summed E-state index contributed by atoms with van der Waals surface area (Å²) in [5.41, 5.74) is 1.37. The Morgan fingerprint density at radius 2 is 2.06 bits per heavy atom. The molecule has 168 valence electrons. The molecule has 0 radical (unpaired) electrons. The number of carbonyl (C=O) groups excluding carboxylic acids is 1. The van der Waals surface area contributed by atoms with Gasteiger partial charge in [0, 0.05) is 18.2 Å². The molecule has 1 aliphatic carbocycles. The van der Waals surface area contributed by atoms with Gasteiger partial charge in [0.1, 0.15) is 28.3 Å². The van der Waals surface area contributed by atoms with E-state index in [1.807, 2.05) is 0 Å². The van der Waals surface area contributed by atoms with Crippen LogP contribution in [0.5, 0.6) is 11.5 Å². The van der Waals surface area contributed by atoms with Gasteiger partial charge in [-0.25, -0.2) is 4.98 Å². The van der Waals surface area contributed by atoms with Gasteiger partial charge in [-0.2, -0.15) is 8.78 Å². The summed E-state index contributed by atoms with van der Waals surface area (Å²) >= 11 is 0. The van der Waals surface area contributed by atoms with E-state index in [4.69, 9.17) is 14.2 Å².